The summed E-state index contributed by atoms with van der Waals surface area (Å²) in [6, 6.07) is 14.6. The zero-order valence-electron chi connectivity index (χ0n) is 22.7. The largest absolute Gasteiger partial charge is 0.493 e. The number of halogens is 1. The van der Waals surface area contributed by atoms with Crippen LogP contribution in [0.25, 0.3) is 11.0 Å². The van der Waals surface area contributed by atoms with Gasteiger partial charge in [0.15, 0.2) is 22.7 Å². The van der Waals surface area contributed by atoms with Gasteiger partial charge in [-0.1, -0.05) is 32.3 Å². The summed E-state index contributed by atoms with van der Waals surface area (Å²) in [5.74, 6) is -0.318. The van der Waals surface area contributed by atoms with Crippen LogP contribution in [-0.2, 0) is 0 Å². The Morgan fingerprint density at radius 1 is 0.975 bits per heavy atom. The molecule has 0 saturated carbocycles. The third kappa shape index (κ3) is 4.97. The van der Waals surface area contributed by atoms with Crippen LogP contribution < -0.4 is 19.8 Å². The first-order valence-electron chi connectivity index (χ1n) is 13.4. The van der Waals surface area contributed by atoms with Crippen LogP contribution in [0.4, 0.5) is 10.1 Å². The van der Waals surface area contributed by atoms with Gasteiger partial charge in [0.05, 0.1) is 30.7 Å². The lowest BCUT2D eigenvalue weighted by atomic mass is 9.97. The Morgan fingerprint density at radius 3 is 2.45 bits per heavy atom. The Balaban J connectivity index is 1.63. The van der Waals surface area contributed by atoms with Crippen molar-refractivity contribution in [2.45, 2.75) is 45.6 Å². The second kappa shape index (κ2) is 11.3. The second-order valence-corrected chi connectivity index (χ2v) is 9.81. The summed E-state index contributed by atoms with van der Waals surface area (Å²) in [7, 11) is 1.53. The smallest absolute Gasteiger partial charge is 0.295 e. The number of hydrogen-bond donors (Lipinski definition) is 0. The number of carbonyl (C=O) groups excluding carboxylic acids is 2. The number of unbranched alkanes of at least 4 members (excludes halogenated alkanes) is 3. The normalized spacial score (nSPS) is 14.4. The molecule has 7 nitrogen and oxygen atoms in total. The number of anilines is 1. The van der Waals surface area contributed by atoms with Crippen LogP contribution in [0.3, 0.4) is 0 Å². The van der Waals surface area contributed by atoms with E-state index in [9.17, 15) is 18.8 Å². The van der Waals surface area contributed by atoms with E-state index in [1.807, 2.05) is 0 Å². The van der Waals surface area contributed by atoms with Gasteiger partial charge in [-0.25, -0.2) is 4.39 Å². The molecule has 0 fully saturated rings. The molecule has 1 aliphatic rings. The van der Waals surface area contributed by atoms with E-state index in [2.05, 4.69) is 6.92 Å². The first kappa shape index (κ1) is 27.1. The number of amides is 1. The first-order chi connectivity index (χ1) is 19.3. The van der Waals surface area contributed by atoms with Crippen LogP contribution >= 0.6 is 0 Å². The van der Waals surface area contributed by atoms with E-state index < -0.39 is 23.2 Å². The average molecular weight is 544 g/mol. The Morgan fingerprint density at radius 2 is 1.75 bits per heavy atom. The zero-order valence-corrected chi connectivity index (χ0v) is 22.7. The maximum atomic E-state index is 14.1. The number of carbonyl (C=O) groups is 2. The molecule has 5 rings (SSSR count). The van der Waals surface area contributed by atoms with Gasteiger partial charge in [0, 0.05) is 11.3 Å². The van der Waals surface area contributed by atoms with Gasteiger partial charge in [0.1, 0.15) is 11.4 Å². The van der Waals surface area contributed by atoms with Gasteiger partial charge >= 0.3 is 0 Å². The Hall–Kier alpha value is -4.46. The molecule has 2 heterocycles. The number of Topliss-reactive ketones (excluding diaryl/α,β-unsaturated/α-hetero) is 1. The Labute approximate surface area is 231 Å². The number of benzene rings is 3. The Kier molecular flexibility index (Phi) is 7.69. The van der Waals surface area contributed by atoms with E-state index in [0.717, 1.165) is 31.7 Å². The highest BCUT2D eigenvalue weighted by Gasteiger charge is 2.44. The van der Waals surface area contributed by atoms with Crippen LogP contribution in [-0.4, -0.2) is 25.4 Å². The maximum absolute atomic E-state index is 14.1. The van der Waals surface area contributed by atoms with Gasteiger partial charge in [-0.05, 0) is 73.5 Å². The molecule has 3 aromatic carbocycles. The number of ether oxygens (including phenoxy) is 2. The highest BCUT2D eigenvalue weighted by Crippen LogP contribution is 2.43. The summed E-state index contributed by atoms with van der Waals surface area (Å²) in [5.41, 5.74) is 1.27. The van der Waals surface area contributed by atoms with Crippen molar-refractivity contribution >= 4 is 28.3 Å². The van der Waals surface area contributed by atoms with Gasteiger partial charge in [0.2, 0.25) is 5.76 Å². The molecule has 1 amide bonds. The standard InChI is InChI=1S/C32H30FNO6/c1-4-5-6-7-16-39-26-14-10-21(17-27(26)38-3)29-28-30(36)24-18-22(33)11-15-25(24)40-31(28)32(37)34(29)23-12-8-20(9-13-23)19(2)35/h8-15,17-18,29H,4-7,16H2,1-3H3. The summed E-state index contributed by atoms with van der Waals surface area (Å²) in [6.45, 7) is 4.15. The number of ketones is 1. The van der Waals surface area contributed by atoms with Crippen molar-refractivity contribution in [1.29, 1.82) is 0 Å². The molecule has 1 aromatic heterocycles. The van der Waals surface area contributed by atoms with Gasteiger partial charge < -0.3 is 13.9 Å². The van der Waals surface area contributed by atoms with Crippen LogP contribution in [0.1, 0.15) is 77.6 Å². The summed E-state index contributed by atoms with van der Waals surface area (Å²) < 4.78 is 31.6. The number of nitrogens with zero attached hydrogens (tertiary/aromatic N) is 1. The van der Waals surface area contributed by atoms with Crippen LogP contribution in [0.2, 0.25) is 0 Å². The lowest BCUT2D eigenvalue weighted by Gasteiger charge is -2.26. The van der Waals surface area contributed by atoms with Crippen molar-refractivity contribution in [2.75, 3.05) is 18.6 Å². The molecular formula is C32H30FNO6. The van der Waals surface area contributed by atoms with Crippen LogP contribution in [0.15, 0.2) is 69.9 Å². The summed E-state index contributed by atoms with van der Waals surface area (Å²) >= 11 is 0. The van der Waals surface area contributed by atoms with Crippen LogP contribution in [0, 0.1) is 5.82 Å². The van der Waals surface area contributed by atoms with Crippen molar-refractivity contribution in [3.63, 3.8) is 0 Å². The van der Waals surface area contributed by atoms with E-state index in [4.69, 9.17) is 13.9 Å². The summed E-state index contributed by atoms with van der Waals surface area (Å²) in [6.07, 6.45) is 4.25. The molecule has 1 aliphatic heterocycles. The third-order valence-electron chi connectivity index (χ3n) is 7.14. The SMILES string of the molecule is CCCCCCOc1ccc(C2c3c(oc4ccc(F)cc4c3=O)C(=O)N2c2ccc(C(C)=O)cc2)cc1OC. The molecule has 0 aliphatic carbocycles. The molecule has 8 heteroatoms. The number of fused-ring (bicyclic) bond motifs is 2. The Bertz CT molecular complexity index is 1640. The number of methoxy groups -OCH3 is 1. The van der Waals surface area contributed by atoms with Gasteiger partial charge in [-0.2, -0.15) is 0 Å². The number of rotatable bonds is 10. The first-order valence-corrected chi connectivity index (χ1v) is 13.4. The lowest BCUT2D eigenvalue weighted by molar-refractivity contribution is 0.0970. The van der Waals surface area contributed by atoms with Gasteiger partial charge in [0.25, 0.3) is 5.91 Å². The van der Waals surface area contributed by atoms with Crippen molar-refractivity contribution in [2.24, 2.45) is 0 Å². The molecular weight excluding hydrogens is 513 g/mol. The predicted octanol–water partition coefficient (Wildman–Crippen LogP) is 6.85. The van der Waals surface area contributed by atoms with E-state index in [1.165, 1.54) is 31.1 Å². The van der Waals surface area contributed by atoms with E-state index >= 15 is 0 Å². The second-order valence-electron chi connectivity index (χ2n) is 9.81. The highest BCUT2D eigenvalue weighted by atomic mass is 19.1. The molecule has 0 N–H and O–H groups in total. The predicted molar refractivity (Wildman–Crippen MR) is 150 cm³/mol. The number of hydrogen-bond acceptors (Lipinski definition) is 6. The minimum absolute atomic E-state index is 0.0457. The molecule has 1 atom stereocenters. The fourth-order valence-corrected chi connectivity index (χ4v) is 5.07. The summed E-state index contributed by atoms with van der Waals surface area (Å²) in [5, 5.41) is 0.0457. The van der Waals surface area contributed by atoms with Crippen LogP contribution in [0.5, 0.6) is 11.5 Å². The van der Waals surface area contributed by atoms with E-state index in [0.29, 0.717) is 34.9 Å². The van der Waals surface area contributed by atoms with Gasteiger partial charge in [-0.3, -0.25) is 19.3 Å². The fourth-order valence-electron chi connectivity index (χ4n) is 5.07. The monoisotopic (exact) mass is 543 g/mol. The summed E-state index contributed by atoms with van der Waals surface area (Å²) in [4.78, 5) is 40.9. The van der Waals surface area contributed by atoms with Crippen molar-refractivity contribution < 1.29 is 27.9 Å². The van der Waals surface area contributed by atoms with Gasteiger partial charge in [-0.15, -0.1) is 0 Å². The topological polar surface area (TPSA) is 86.0 Å². The quantitative estimate of drug-likeness (QED) is 0.161. The third-order valence-corrected chi connectivity index (χ3v) is 7.14. The van der Waals surface area contributed by atoms with E-state index in [1.54, 1.807) is 42.5 Å². The lowest BCUT2D eigenvalue weighted by Crippen LogP contribution is -2.29. The molecule has 0 saturated heterocycles. The van der Waals surface area contributed by atoms with Crippen molar-refractivity contribution in [3.05, 3.63) is 99.2 Å². The molecule has 40 heavy (non-hydrogen) atoms. The van der Waals surface area contributed by atoms with Crippen molar-refractivity contribution in [1.82, 2.24) is 0 Å². The average Bonchev–Trinajstić information content (AvgIpc) is 3.25. The molecule has 0 bridgehead atoms. The molecule has 206 valence electrons. The molecule has 4 aromatic rings. The minimum Gasteiger partial charge on any atom is -0.493 e. The van der Waals surface area contributed by atoms with Crippen molar-refractivity contribution in [3.8, 4) is 11.5 Å². The zero-order chi connectivity index (χ0) is 28.4. The minimum atomic E-state index is -0.887. The maximum Gasteiger partial charge on any atom is 0.295 e. The highest BCUT2D eigenvalue weighted by molar-refractivity contribution is 6.11. The fraction of sp³-hybridized carbons (Fsp3) is 0.281. The molecule has 1 unspecified atom stereocenters. The molecule has 0 radical (unpaired) electrons. The molecule has 0 spiro atoms. The van der Waals surface area contributed by atoms with E-state index in [-0.39, 0.29) is 28.1 Å².